The largest absolute Gasteiger partial charge is 0.325 e. The van der Waals surface area contributed by atoms with Crippen LogP contribution in [0.5, 0.6) is 0 Å². The molecule has 26 heavy (non-hydrogen) atoms. The first-order valence-electron chi connectivity index (χ1n) is 8.63. The summed E-state index contributed by atoms with van der Waals surface area (Å²) in [6, 6.07) is 13.2. The lowest BCUT2D eigenvalue weighted by molar-refractivity contribution is -0.114. The molecule has 0 aliphatic heterocycles. The van der Waals surface area contributed by atoms with Crippen molar-refractivity contribution in [1.29, 1.82) is 0 Å². The first-order valence-corrected chi connectivity index (χ1v) is 10.1. The Hall–Kier alpha value is -2.47. The zero-order valence-electron chi connectivity index (χ0n) is 14.7. The lowest BCUT2D eigenvalue weighted by atomic mass is 10.1. The quantitative estimate of drug-likeness (QED) is 0.821. The van der Waals surface area contributed by atoms with Crippen LogP contribution in [0.25, 0.3) is 0 Å². The minimum Gasteiger partial charge on any atom is -0.325 e. The van der Waals surface area contributed by atoms with Gasteiger partial charge < -0.3 is 10.6 Å². The molecular weight excluding hydrogens is 348 g/mol. The summed E-state index contributed by atoms with van der Waals surface area (Å²) in [4.78, 5) is 24.0. The first-order chi connectivity index (χ1) is 12.5. The number of fused-ring (bicyclic) bond motifs is 1. The van der Waals surface area contributed by atoms with E-state index in [2.05, 4.69) is 10.6 Å². The Balaban J connectivity index is 1.47. The van der Waals surface area contributed by atoms with E-state index >= 15 is 0 Å². The molecule has 0 saturated heterocycles. The van der Waals surface area contributed by atoms with Crippen molar-refractivity contribution < 1.29 is 13.8 Å². The monoisotopic (exact) mass is 370 g/mol. The minimum absolute atomic E-state index is 0.196. The molecule has 0 heterocycles. The van der Waals surface area contributed by atoms with Gasteiger partial charge in [0.05, 0.1) is 0 Å². The zero-order chi connectivity index (χ0) is 18.5. The van der Waals surface area contributed by atoms with Crippen LogP contribution in [0.4, 0.5) is 11.4 Å². The van der Waals surface area contributed by atoms with E-state index in [0.717, 1.165) is 30.5 Å². The number of carbonyl (C=O) groups is 2. The van der Waals surface area contributed by atoms with E-state index in [4.69, 9.17) is 0 Å². The highest BCUT2D eigenvalue weighted by Crippen LogP contribution is 2.24. The first kappa shape index (κ1) is 18.3. The van der Waals surface area contributed by atoms with Gasteiger partial charge in [0.25, 0.3) is 0 Å². The van der Waals surface area contributed by atoms with Gasteiger partial charge in [-0.25, -0.2) is 0 Å². The van der Waals surface area contributed by atoms with Crippen LogP contribution in [0.1, 0.15) is 23.1 Å². The third-order valence-electron chi connectivity index (χ3n) is 4.30. The number of amides is 2. The van der Waals surface area contributed by atoms with E-state index in [9.17, 15) is 13.8 Å². The number of carbonyl (C=O) groups excluding carboxylic acids is 2. The maximum atomic E-state index is 12.1. The predicted octanol–water partition coefficient (Wildman–Crippen LogP) is 2.81. The van der Waals surface area contributed by atoms with E-state index in [-0.39, 0.29) is 23.3 Å². The van der Waals surface area contributed by atoms with Gasteiger partial charge in [-0.1, -0.05) is 23.8 Å². The fourth-order valence-electron chi connectivity index (χ4n) is 3.02. The van der Waals surface area contributed by atoms with Crippen molar-refractivity contribution in [3.8, 4) is 0 Å². The molecule has 1 aliphatic carbocycles. The van der Waals surface area contributed by atoms with Crippen LogP contribution in [0.3, 0.4) is 0 Å². The van der Waals surface area contributed by atoms with Crippen molar-refractivity contribution in [2.24, 2.45) is 0 Å². The summed E-state index contributed by atoms with van der Waals surface area (Å²) in [7, 11) is -1.56. The Morgan fingerprint density at radius 2 is 1.46 bits per heavy atom. The number of rotatable bonds is 6. The molecule has 0 fully saturated rings. The maximum Gasteiger partial charge on any atom is 0.237 e. The van der Waals surface area contributed by atoms with Crippen LogP contribution in [0.15, 0.2) is 42.5 Å². The number of nitrogens with one attached hydrogen (secondary N) is 2. The Morgan fingerprint density at radius 3 is 2.15 bits per heavy atom. The summed E-state index contributed by atoms with van der Waals surface area (Å²) >= 11 is 0. The zero-order valence-corrected chi connectivity index (χ0v) is 15.5. The Morgan fingerprint density at radius 1 is 0.885 bits per heavy atom. The number of benzene rings is 2. The molecule has 3 rings (SSSR count). The van der Waals surface area contributed by atoms with Gasteiger partial charge in [0.15, 0.2) is 0 Å². The highest BCUT2D eigenvalue weighted by Gasteiger charge is 2.15. The molecule has 0 spiro atoms. The lowest BCUT2D eigenvalue weighted by Crippen LogP contribution is -2.26. The van der Waals surface area contributed by atoms with E-state index in [1.165, 1.54) is 11.1 Å². The molecule has 136 valence electrons. The molecule has 2 N–H and O–H groups in total. The standard InChI is InChI=1S/C20H22N2O3S/c1-14-5-8-17(9-6-14)21-19(23)12-26(25)13-20(24)22-18-10-7-15-3-2-4-16(15)11-18/h5-11H,2-4,12-13H2,1H3,(H,21,23)(H,22,24)/t26-/m1/s1. The summed E-state index contributed by atoms with van der Waals surface area (Å²) in [6.45, 7) is 1.96. The maximum absolute atomic E-state index is 12.1. The average molecular weight is 370 g/mol. The molecule has 6 heteroatoms. The molecule has 2 aromatic rings. The average Bonchev–Trinajstić information content (AvgIpc) is 3.04. The van der Waals surface area contributed by atoms with Crippen LogP contribution in [-0.2, 0) is 33.2 Å². The number of hydrogen-bond donors (Lipinski definition) is 2. The second-order valence-electron chi connectivity index (χ2n) is 6.53. The van der Waals surface area contributed by atoms with Crippen molar-refractivity contribution in [3.63, 3.8) is 0 Å². The van der Waals surface area contributed by atoms with Crippen molar-refractivity contribution in [2.45, 2.75) is 26.2 Å². The highest BCUT2D eigenvalue weighted by atomic mass is 32.2. The smallest absolute Gasteiger partial charge is 0.237 e. The molecule has 0 radical (unpaired) electrons. The normalized spacial score (nSPS) is 13.7. The number of anilines is 2. The third-order valence-corrected chi connectivity index (χ3v) is 5.47. The Kier molecular flexibility index (Phi) is 5.83. The molecule has 1 aliphatic rings. The summed E-state index contributed by atoms with van der Waals surface area (Å²) in [5.41, 5.74) is 5.06. The lowest BCUT2D eigenvalue weighted by Gasteiger charge is -2.08. The van der Waals surface area contributed by atoms with Gasteiger partial charge in [0, 0.05) is 22.2 Å². The van der Waals surface area contributed by atoms with Gasteiger partial charge >= 0.3 is 0 Å². The van der Waals surface area contributed by atoms with Crippen LogP contribution in [0.2, 0.25) is 0 Å². The minimum atomic E-state index is -1.56. The van der Waals surface area contributed by atoms with E-state index in [0.29, 0.717) is 5.69 Å². The third kappa shape index (κ3) is 5.02. The van der Waals surface area contributed by atoms with Gasteiger partial charge in [-0.2, -0.15) is 0 Å². The molecule has 0 bridgehead atoms. The van der Waals surface area contributed by atoms with E-state index < -0.39 is 10.8 Å². The molecule has 5 nitrogen and oxygen atoms in total. The molecule has 0 saturated carbocycles. The van der Waals surface area contributed by atoms with Gasteiger partial charge in [0.2, 0.25) is 11.8 Å². The second-order valence-corrected chi connectivity index (χ2v) is 7.98. The molecule has 0 aromatic heterocycles. The fourth-order valence-corrected chi connectivity index (χ4v) is 3.86. The van der Waals surface area contributed by atoms with Crippen LogP contribution in [0, 0.1) is 6.92 Å². The Bertz CT molecular complexity index is 847. The van der Waals surface area contributed by atoms with Crippen LogP contribution < -0.4 is 10.6 Å². The van der Waals surface area contributed by atoms with Crippen LogP contribution >= 0.6 is 0 Å². The molecule has 2 aromatic carbocycles. The van der Waals surface area contributed by atoms with Gasteiger partial charge in [-0.3, -0.25) is 13.8 Å². The SMILES string of the molecule is Cc1ccc(NC(=O)C[S@@](=O)CC(=O)Nc2ccc3c(c2)CCC3)cc1. The van der Waals surface area contributed by atoms with E-state index in [1.54, 1.807) is 12.1 Å². The summed E-state index contributed by atoms with van der Waals surface area (Å²) in [5.74, 6) is -1.11. The molecular formula is C20H22N2O3S. The van der Waals surface area contributed by atoms with Crippen LogP contribution in [-0.4, -0.2) is 27.5 Å². The van der Waals surface area contributed by atoms with Crippen molar-refractivity contribution in [1.82, 2.24) is 0 Å². The topological polar surface area (TPSA) is 75.3 Å². The van der Waals surface area contributed by atoms with Crippen molar-refractivity contribution >= 4 is 34.0 Å². The second kappa shape index (κ2) is 8.27. The van der Waals surface area contributed by atoms with Gasteiger partial charge in [-0.15, -0.1) is 0 Å². The van der Waals surface area contributed by atoms with E-state index in [1.807, 2.05) is 37.3 Å². The predicted molar refractivity (Wildman–Crippen MR) is 105 cm³/mol. The molecule has 0 unspecified atom stereocenters. The summed E-state index contributed by atoms with van der Waals surface area (Å²) in [6.07, 6.45) is 3.26. The number of hydrogen-bond acceptors (Lipinski definition) is 3. The summed E-state index contributed by atoms with van der Waals surface area (Å²) in [5, 5.41) is 5.46. The van der Waals surface area contributed by atoms with Crippen molar-refractivity contribution in [2.75, 3.05) is 22.1 Å². The van der Waals surface area contributed by atoms with Gasteiger partial charge in [0.1, 0.15) is 11.5 Å². The Labute approximate surface area is 155 Å². The van der Waals surface area contributed by atoms with Crippen molar-refractivity contribution in [3.05, 3.63) is 59.2 Å². The van der Waals surface area contributed by atoms with Gasteiger partial charge in [-0.05, 0) is 61.6 Å². The molecule has 2 amide bonds. The fraction of sp³-hybridized carbons (Fsp3) is 0.300. The summed E-state index contributed by atoms with van der Waals surface area (Å²) < 4.78 is 12.1. The number of aryl methyl sites for hydroxylation is 3. The highest BCUT2D eigenvalue weighted by molar-refractivity contribution is 7.86. The molecule has 1 atom stereocenters.